The fourth-order valence-electron chi connectivity index (χ4n) is 4.34. The normalized spacial score (nSPS) is 23.0. The lowest BCUT2D eigenvalue weighted by atomic mass is 9.99. The zero-order valence-corrected chi connectivity index (χ0v) is 23.7. The Bertz CT molecular complexity index is 1340. The predicted octanol–water partition coefficient (Wildman–Crippen LogP) is 5.39. The molecule has 1 fully saturated rings. The Labute approximate surface area is 244 Å². The highest BCUT2D eigenvalue weighted by atomic mass is 19.4. The van der Waals surface area contributed by atoms with Crippen molar-refractivity contribution in [2.75, 3.05) is 20.8 Å². The largest absolute Gasteiger partial charge is 0.499 e. The van der Waals surface area contributed by atoms with Crippen molar-refractivity contribution in [2.24, 2.45) is 5.16 Å². The van der Waals surface area contributed by atoms with Gasteiger partial charge < -0.3 is 28.5 Å². The molecule has 2 heterocycles. The zero-order valence-electron chi connectivity index (χ0n) is 23.7. The van der Waals surface area contributed by atoms with Crippen LogP contribution in [-0.2, 0) is 23.8 Å². The molecule has 0 saturated carbocycles. The van der Waals surface area contributed by atoms with E-state index in [4.69, 9.17) is 23.8 Å². The van der Waals surface area contributed by atoms with Crippen molar-refractivity contribution < 1.29 is 50.5 Å². The highest BCUT2D eigenvalue weighted by Crippen LogP contribution is 2.37. The van der Waals surface area contributed by atoms with Crippen LogP contribution in [0.25, 0.3) is 17.1 Å². The molecule has 43 heavy (non-hydrogen) atoms. The number of hydrogen-bond donors (Lipinski definition) is 0. The fourth-order valence-corrected chi connectivity index (χ4v) is 4.34. The second-order valence-corrected chi connectivity index (χ2v) is 9.53. The molecule has 0 aliphatic carbocycles. The molecule has 2 aromatic carbocycles. The first-order valence-corrected chi connectivity index (χ1v) is 13.2. The van der Waals surface area contributed by atoms with Gasteiger partial charge in [-0.2, -0.15) is 22.0 Å². The lowest BCUT2D eigenvalue weighted by Crippen LogP contribution is -2.59. The Morgan fingerprint density at radius 3 is 2.23 bits per heavy atom. The van der Waals surface area contributed by atoms with E-state index in [2.05, 4.69) is 20.0 Å². The van der Waals surface area contributed by atoms with Gasteiger partial charge in [-0.05, 0) is 43.2 Å². The van der Waals surface area contributed by atoms with E-state index in [1.165, 1.54) is 36.5 Å². The molecule has 1 aliphatic heterocycles. The highest BCUT2D eigenvalue weighted by molar-refractivity contribution is 5.80. The number of alkyl halides is 5. The first-order valence-electron chi connectivity index (χ1n) is 13.2. The van der Waals surface area contributed by atoms with Gasteiger partial charge in [0.2, 0.25) is 0 Å². The van der Waals surface area contributed by atoms with Crippen LogP contribution in [-0.4, -0.2) is 84.8 Å². The number of methoxy groups -OCH3 is 2. The van der Waals surface area contributed by atoms with E-state index in [9.17, 15) is 22.0 Å². The maximum Gasteiger partial charge on any atom is 0.499 e. The topological polar surface area (TPSA) is 98.5 Å². The molecule has 1 aromatic heterocycles. The molecule has 0 unspecified atom stereocenters. The van der Waals surface area contributed by atoms with Gasteiger partial charge in [0, 0.05) is 26.4 Å². The van der Waals surface area contributed by atoms with Crippen molar-refractivity contribution in [2.45, 2.75) is 63.3 Å². The summed E-state index contributed by atoms with van der Waals surface area (Å²) in [5.41, 5.74) is 1.74. The summed E-state index contributed by atoms with van der Waals surface area (Å²) in [5.74, 6) is -0.305. The SMILES string of the molecule is CCCO[C@@H]1[C@@H](OC)[C@H](C)O[C@@H](O/N=C/c2ccc(-c3ncn(-c4ccc(OC(F)(F)C(F)(F)F)cc4)n3)cc2)[C@@H]1OC. The van der Waals surface area contributed by atoms with Gasteiger partial charge in [0.15, 0.2) is 11.9 Å². The predicted molar refractivity (Wildman–Crippen MR) is 143 cm³/mol. The second kappa shape index (κ2) is 13.8. The van der Waals surface area contributed by atoms with Gasteiger partial charge in [0.25, 0.3) is 6.29 Å². The molecular formula is C28H31F5N4O6. The van der Waals surface area contributed by atoms with Gasteiger partial charge in [0.05, 0.1) is 18.0 Å². The number of oxime groups is 1. The molecule has 0 spiro atoms. The summed E-state index contributed by atoms with van der Waals surface area (Å²) in [6, 6.07) is 11.6. The summed E-state index contributed by atoms with van der Waals surface area (Å²) in [7, 11) is 3.13. The first kappa shape index (κ1) is 32.3. The summed E-state index contributed by atoms with van der Waals surface area (Å²) in [6.07, 6.45) is -9.90. The lowest BCUT2D eigenvalue weighted by molar-refractivity contribution is -0.360. The second-order valence-electron chi connectivity index (χ2n) is 9.53. The maximum atomic E-state index is 13.1. The van der Waals surface area contributed by atoms with Gasteiger partial charge >= 0.3 is 12.3 Å². The van der Waals surface area contributed by atoms with Crippen molar-refractivity contribution >= 4 is 6.21 Å². The van der Waals surface area contributed by atoms with Crippen LogP contribution in [0.3, 0.4) is 0 Å². The molecule has 0 radical (unpaired) electrons. The Kier molecular flexibility index (Phi) is 10.3. The third-order valence-electron chi connectivity index (χ3n) is 6.49. The third-order valence-corrected chi connectivity index (χ3v) is 6.49. The first-order chi connectivity index (χ1) is 20.5. The number of hydrogen-bond acceptors (Lipinski definition) is 9. The number of rotatable bonds is 12. The van der Waals surface area contributed by atoms with Crippen molar-refractivity contribution in [1.29, 1.82) is 0 Å². The fraction of sp³-hybridized carbons (Fsp3) is 0.464. The lowest BCUT2D eigenvalue weighted by Gasteiger charge is -2.42. The van der Waals surface area contributed by atoms with Gasteiger partial charge in [-0.3, -0.25) is 0 Å². The van der Waals surface area contributed by atoms with Crippen LogP contribution in [0.15, 0.2) is 60.0 Å². The summed E-state index contributed by atoms with van der Waals surface area (Å²) < 4.78 is 91.6. The number of halogens is 5. The van der Waals surface area contributed by atoms with Crippen molar-refractivity contribution in [3.8, 4) is 22.8 Å². The highest BCUT2D eigenvalue weighted by Gasteiger charge is 2.61. The summed E-state index contributed by atoms with van der Waals surface area (Å²) in [6.45, 7) is 4.40. The van der Waals surface area contributed by atoms with E-state index in [1.54, 1.807) is 31.4 Å². The average molecular weight is 615 g/mol. The Morgan fingerprint density at radius 2 is 1.63 bits per heavy atom. The van der Waals surface area contributed by atoms with Crippen LogP contribution in [0.5, 0.6) is 5.75 Å². The van der Waals surface area contributed by atoms with Gasteiger partial charge in [-0.1, -0.05) is 36.3 Å². The Balaban J connectivity index is 1.38. The minimum atomic E-state index is -5.84. The number of ether oxygens (including phenoxy) is 5. The molecule has 5 atom stereocenters. The molecule has 0 bridgehead atoms. The van der Waals surface area contributed by atoms with Gasteiger partial charge in [-0.15, -0.1) is 5.10 Å². The van der Waals surface area contributed by atoms with Crippen LogP contribution in [0, 0.1) is 0 Å². The molecular weight excluding hydrogens is 583 g/mol. The van der Waals surface area contributed by atoms with E-state index < -0.39 is 36.5 Å². The molecule has 10 nitrogen and oxygen atoms in total. The molecule has 3 aromatic rings. The van der Waals surface area contributed by atoms with Gasteiger partial charge in [0.1, 0.15) is 24.3 Å². The molecule has 0 amide bonds. The molecule has 1 aliphatic rings. The molecule has 1 saturated heterocycles. The van der Waals surface area contributed by atoms with Crippen LogP contribution in [0.4, 0.5) is 22.0 Å². The quantitative estimate of drug-likeness (QED) is 0.152. The van der Waals surface area contributed by atoms with E-state index >= 15 is 0 Å². The third kappa shape index (κ3) is 7.65. The van der Waals surface area contributed by atoms with E-state index in [0.29, 0.717) is 29.2 Å². The van der Waals surface area contributed by atoms with Crippen molar-refractivity contribution in [3.63, 3.8) is 0 Å². The van der Waals surface area contributed by atoms with E-state index in [1.807, 2.05) is 13.8 Å². The monoisotopic (exact) mass is 614 g/mol. The molecule has 234 valence electrons. The van der Waals surface area contributed by atoms with E-state index in [-0.39, 0.29) is 12.2 Å². The molecule has 4 rings (SSSR count). The Morgan fingerprint density at radius 1 is 0.953 bits per heavy atom. The van der Waals surface area contributed by atoms with Crippen LogP contribution >= 0.6 is 0 Å². The van der Waals surface area contributed by atoms with E-state index in [0.717, 1.165) is 18.6 Å². The summed E-state index contributed by atoms with van der Waals surface area (Å²) in [4.78, 5) is 9.87. The van der Waals surface area contributed by atoms with Crippen molar-refractivity contribution in [3.05, 3.63) is 60.4 Å². The average Bonchev–Trinajstić information content (AvgIpc) is 3.46. The standard InChI is InChI=1S/C28H31F5N4O6/c1-5-14-40-23-22(38-3)17(2)41-26(24(23)39-4)43-35-15-18-6-8-19(9-7-18)25-34-16-37(36-25)20-10-12-21(13-11-20)42-28(32,33)27(29,30)31/h6-13,15-17,22-24,26H,5,14H2,1-4H3/b35-15+/t17-,22-,23+,24+,26-/m0/s1. The number of aromatic nitrogens is 3. The Hall–Kier alpha value is -3.66. The van der Waals surface area contributed by atoms with Crippen LogP contribution in [0.2, 0.25) is 0 Å². The maximum absolute atomic E-state index is 13.1. The van der Waals surface area contributed by atoms with Gasteiger partial charge in [-0.25, -0.2) is 9.67 Å². The number of benzene rings is 2. The smallest absolute Gasteiger partial charge is 0.426 e. The van der Waals surface area contributed by atoms with Crippen LogP contribution < -0.4 is 4.74 Å². The number of nitrogens with zero attached hydrogens (tertiary/aromatic N) is 4. The van der Waals surface area contributed by atoms with Crippen molar-refractivity contribution in [1.82, 2.24) is 14.8 Å². The zero-order chi connectivity index (χ0) is 31.2. The minimum Gasteiger partial charge on any atom is -0.426 e. The minimum absolute atomic E-state index is 0.324. The summed E-state index contributed by atoms with van der Waals surface area (Å²) in [5, 5.41) is 8.41. The summed E-state index contributed by atoms with van der Waals surface area (Å²) >= 11 is 0. The molecule has 0 N–H and O–H groups in total. The molecule has 15 heteroatoms. The van der Waals surface area contributed by atoms with Crippen LogP contribution in [0.1, 0.15) is 25.8 Å².